The fourth-order valence-corrected chi connectivity index (χ4v) is 15.4. The van der Waals surface area contributed by atoms with Crippen LogP contribution in [0.4, 0.5) is 0 Å². The standard InChI is InChI=1S/2C23H24N.2C22H25N2.C11H8N.C9H7N2.5Ir/c2*1-15(2)20-13-21(22-17(4)11-16(3)12-18(22)5)23(24-14-20)19-9-7-6-8-10-19;2*1-5-6-12-20-15-24(21-17(3)13-16(2)14-18(21)4)22(23-20)19-10-8-7-9-11-19;1-2-6-10(7-3-1)11-8-4-5-9-12-11;1-2-4-8(5-3-1)9-10-6-7-11-9;;;;;/h2*6-9,11-15H,1-5H3;2*7-10,13-15H,5-6,12H2,1-4H3;1-6,8-9H;1-4,6-7H,(H,10,11);;;;;/q6*-1;;;;;. The SMILES string of the molecule is CCCCc1cn(-c2c(C)cc(C)cc2C)c(-c2[c-]cccc2)n1.CCCCc1cn(-c2c(C)cc(C)cc2C)c(-c2[c-]cccc2)n1.Cc1cc(C)c(-c2cc(C(C)C)cnc2-c2[c-]cccc2)c(C)c1.Cc1cc(C)c(-c2cc(C(C)C)cnc2-c2[c-]cccc2)c(C)c1.[Ir].[Ir].[Ir].[Ir].[Ir].[c-]1ccccc1-c1ccccn1.[c-]1ccccc1-c1ncc[nH]1. The molecule has 6 aromatic heterocycles. The number of hydrogen-bond acceptors (Lipinski definition) is 6. The van der Waals surface area contributed by atoms with Gasteiger partial charge in [-0.15, -0.1) is 215 Å². The van der Waals surface area contributed by atoms with Gasteiger partial charge in [-0.2, -0.15) is 0 Å². The number of unbranched alkanes of at least 4 members (excludes halogenated alkanes) is 2. The molecule has 9 nitrogen and oxygen atoms in total. The normalized spacial score (nSPS) is 10.4. The van der Waals surface area contributed by atoms with E-state index in [4.69, 9.17) is 19.9 Å². The number of H-pyrrole nitrogens is 1. The van der Waals surface area contributed by atoms with E-state index < -0.39 is 0 Å². The maximum absolute atomic E-state index is 4.93. The summed E-state index contributed by atoms with van der Waals surface area (Å²) in [7, 11) is 0. The van der Waals surface area contributed by atoms with Gasteiger partial charge >= 0.3 is 0 Å². The molecule has 16 aromatic rings. The summed E-state index contributed by atoms with van der Waals surface area (Å²) in [5, 5.41) is 0. The molecule has 124 heavy (non-hydrogen) atoms. The van der Waals surface area contributed by atoms with Crippen LogP contribution in [0.25, 0.3) is 102 Å². The maximum Gasteiger partial charge on any atom is 0.0606 e. The van der Waals surface area contributed by atoms with E-state index >= 15 is 0 Å². The summed E-state index contributed by atoms with van der Waals surface area (Å²) in [5.74, 6) is 3.74. The van der Waals surface area contributed by atoms with Crippen LogP contribution < -0.4 is 0 Å². The molecule has 0 unspecified atom stereocenters. The van der Waals surface area contributed by atoms with E-state index in [0.717, 1.165) is 92.2 Å². The minimum Gasteiger partial charge on any atom is -0.384 e. The van der Waals surface area contributed by atoms with Gasteiger partial charge in [0.05, 0.1) is 17.5 Å². The third-order valence-corrected chi connectivity index (χ3v) is 20.8. The van der Waals surface area contributed by atoms with Gasteiger partial charge in [0.15, 0.2) is 0 Å². The first kappa shape index (κ1) is 103. The fourth-order valence-electron chi connectivity index (χ4n) is 15.4. The summed E-state index contributed by atoms with van der Waals surface area (Å²) in [5.41, 5.74) is 37.0. The van der Waals surface area contributed by atoms with E-state index in [2.05, 4.69) is 282 Å². The van der Waals surface area contributed by atoms with Crippen molar-refractivity contribution in [1.29, 1.82) is 0 Å². The Morgan fingerprint density at radius 3 is 0.960 bits per heavy atom. The van der Waals surface area contributed by atoms with E-state index in [0.29, 0.717) is 11.8 Å². The molecule has 5 radical (unpaired) electrons. The summed E-state index contributed by atoms with van der Waals surface area (Å²) in [6.45, 7) is 39.4. The largest absolute Gasteiger partial charge is 0.384 e. The number of nitrogens with one attached hydrogen (secondary N) is 1. The van der Waals surface area contributed by atoms with Crippen LogP contribution in [0.1, 0.15) is 168 Å². The number of aromatic nitrogens is 9. The average molecular weight is 2520 g/mol. The predicted molar refractivity (Wildman–Crippen MR) is 497 cm³/mol. The topological polar surface area (TPSA) is 103 Å². The zero-order valence-electron chi connectivity index (χ0n) is 74.5. The Morgan fingerprint density at radius 1 is 0.339 bits per heavy atom. The number of benzene rings is 10. The monoisotopic (exact) mass is 2520 g/mol. The molecule has 14 heteroatoms. The summed E-state index contributed by atoms with van der Waals surface area (Å²) < 4.78 is 4.50. The van der Waals surface area contributed by atoms with Crippen LogP contribution in [0.5, 0.6) is 0 Å². The number of aromatic amines is 1. The van der Waals surface area contributed by atoms with Gasteiger partial charge in [-0.1, -0.05) is 149 Å². The second-order valence-corrected chi connectivity index (χ2v) is 31.6. The van der Waals surface area contributed by atoms with Gasteiger partial charge in [-0.3, -0.25) is 15.0 Å². The molecule has 0 atom stereocenters. The molecule has 10 aromatic carbocycles. The molecule has 0 aliphatic rings. The molecule has 649 valence electrons. The van der Waals surface area contributed by atoms with Gasteiger partial charge in [0, 0.05) is 167 Å². The van der Waals surface area contributed by atoms with Gasteiger partial charge in [0.2, 0.25) is 0 Å². The molecule has 0 amide bonds. The van der Waals surface area contributed by atoms with Gasteiger partial charge in [-0.05, 0) is 222 Å². The Labute approximate surface area is 807 Å². The van der Waals surface area contributed by atoms with Crippen LogP contribution >= 0.6 is 0 Å². The molecule has 0 saturated heterocycles. The zero-order chi connectivity index (χ0) is 84.5. The molecule has 6 heterocycles. The summed E-state index contributed by atoms with van der Waals surface area (Å²) in [6.07, 6.45) is 20.5. The third-order valence-electron chi connectivity index (χ3n) is 20.8. The van der Waals surface area contributed by atoms with E-state index in [1.54, 1.807) is 18.6 Å². The van der Waals surface area contributed by atoms with E-state index in [-0.39, 0.29) is 101 Å². The Morgan fingerprint density at radius 2 is 0.661 bits per heavy atom. The molecule has 0 bridgehead atoms. The smallest absolute Gasteiger partial charge is 0.0606 e. The summed E-state index contributed by atoms with van der Waals surface area (Å²) >= 11 is 0. The van der Waals surface area contributed by atoms with Gasteiger partial charge in [0.25, 0.3) is 0 Å². The molecule has 0 aliphatic heterocycles. The van der Waals surface area contributed by atoms with Gasteiger partial charge in [0.1, 0.15) is 0 Å². The number of nitrogens with zero attached hydrogens (tertiary/aromatic N) is 8. The van der Waals surface area contributed by atoms with Gasteiger partial charge < -0.3 is 29.1 Å². The maximum atomic E-state index is 4.93. The summed E-state index contributed by atoms with van der Waals surface area (Å²) in [4.78, 5) is 30.8. The summed E-state index contributed by atoms with van der Waals surface area (Å²) in [6, 6.07) is 95.9. The van der Waals surface area contributed by atoms with E-state index in [1.165, 1.54) is 137 Å². The van der Waals surface area contributed by atoms with Crippen molar-refractivity contribution >= 4 is 0 Å². The van der Waals surface area contributed by atoms with Crippen molar-refractivity contribution in [3.63, 3.8) is 0 Å². The van der Waals surface area contributed by atoms with Gasteiger partial charge in [-0.25, -0.2) is 0 Å². The molecular formula is C110H113Ir5N9-6. The molecule has 0 saturated carbocycles. The van der Waals surface area contributed by atoms with Crippen LogP contribution in [0, 0.1) is 119 Å². The Kier molecular flexibility index (Phi) is 42.7. The van der Waals surface area contributed by atoms with Crippen LogP contribution in [-0.2, 0) is 113 Å². The Hall–Kier alpha value is -9.47. The molecular weight excluding hydrogens is 2410 g/mol. The van der Waals surface area contributed by atoms with Crippen molar-refractivity contribution < 1.29 is 101 Å². The van der Waals surface area contributed by atoms with E-state index in [1.807, 2.05) is 152 Å². The van der Waals surface area contributed by atoms with Crippen molar-refractivity contribution in [2.75, 3.05) is 0 Å². The predicted octanol–water partition coefficient (Wildman–Crippen LogP) is 28.2. The number of hydrogen-bond donors (Lipinski definition) is 1. The third kappa shape index (κ3) is 28.0. The van der Waals surface area contributed by atoms with Crippen molar-refractivity contribution in [3.05, 3.63) is 394 Å². The quantitative estimate of drug-likeness (QED) is 0.0859. The van der Waals surface area contributed by atoms with Crippen LogP contribution in [0.3, 0.4) is 0 Å². The molecule has 0 aliphatic carbocycles. The molecule has 0 spiro atoms. The van der Waals surface area contributed by atoms with Crippen LogP contribution in [0.15, 0.2) is 268 Å². The molecule has 16 rings (SSSR count). The molecule has 1 N–H and O–H groups in total. The van der Waals surface area contributed by atoms with Crippen LogP contribution in [-0.4, -0.2) is 44.0 Å². The van der Waals surface area contributed by atoms with Crippen molar-refractivity contribution in [2.45, 2.75) is 175 Å². The van der Waals surface area contributed by atoms with Crippen molar-refractivity contribution in [1.82, 2.24) is 44.0 Å². The first-order chi connectivity index (χ1) is 57.6. The number of imidazole rings is 3. The number of aryl methyl sites for hydroxylation is 14. The van der Waals surface area contributed by atoms with Crippen molar-refractivity contribution in [2.24, 2.45) is 0 Å². The number of rotatable bonds is 18. The number of pyridine rings is 3. The first-order valence-electron chi connectivity index (χ1n) is 41.8. The second kappa shape index (κ2) is 51.2. The minimum atomic E-state index is 0. The Bertz CT molecular complexity index is 5470. The second-order valence-electron chi connectivity index (χ2n) is 31.6. The first-order valence-corrected chi connectivity index (χ1v) is 41.8. The van der Waals surface area contributed by atoms with Crippen molar-refractivity contribution in [3.8, 4) is 102 Å². The fraction of sp³-hybridized carbons (Fsp3) is 0.236. The zero-order valence-corrected chi connectivity index (χ0v) is 86.5. The minimum absolute atomic E-state index is 0. The average Bonchev–Trinajstić information content (AvgIpc) is 1.25. The molecule has 0 fully saturated rings. The van der Waals surface area contributed by atoms with E-state index in [9.17, 15) is 0 Å². The van der Waals surface area contributed by atoms with Crippen LogP contribution in [0.2, 0.25) is 0 Å². The Balaban J connectivity index is 0.000000233.